The van der Waals surface area contributed by atoms with Crippen LogP contribution in [-0.4, -0.2) is 22.0 Å². The Bertz CT molecular complexity index is 1290. The predicted molar refractivity (Wildman–Crippen MR) is 108 cm³/mol. The van der Waals surface area contributed by atoms with E-state index in [4.69, 9.17) is 16.1 Å². The van der Waals surface area contributed by atoms with Crippen molar-refractivity contribution in [3.05, 3.63) is 82.3 Å². The van der Waals surface area contributed by atoms with Crippen molar-refractivity contribution in [3.63, 3.8) is 0 Å². The molecule has 0 unspecified atom stereocenters. The second-order valence-electron chi connectivity index (χ2n) is 6.37. The van der Waals surface area contributed by atoms with Gasteiger partial charge in [0.15, 0.2) is 0 Å². The molecule has 9 heteroatoms. The summed E-state index contributed by atoms with van der Waals surface area (Å²) < 4.78 is 19.4. The molecule has 2 N–H and O–H groups in total. The molecule has 4 aromatic rings. The molecule has 0 radical (unpaired) electrons. The Labute approximate surface area is 174 Å². The smallest absolute Gasteiger partial charge is 0.271 e. The van der Waals surface area contributed by atoms with E-state index >= 15 is 0 Å². The number of fused-ring (bicyclic) bond motifs is 1. The second-order valence-corrected chi connectivity index (χ2v) is 6.78. The number of aromatic nitrogens is 2. The second kappa shape index (κ2) is 7.92. The molecule has 0 spiro atoms. The average molecular weight is 425 g/mol. The van der Waals surface area contributed by atoms with E-state index in [0.29, 0.717) is 11.1 Å². The third kappa shape index (κ3) is 3.60. The Morgan fingerprint density at radius 3 is 2.40 bits per heavy atom. The quantitative estimate of drug-likeness (QED) is 0.483. The molecular weight excluding hydrogens is 411 g/mol. The predicted octanol–water partition coefficient (Wildman–Crippen LogP) is 4.07. The first kappa shape index (κ1) is 19.5. The zero-order chi connectivity index (χ0) is 21.3. The lowest BCUT2D eigenvalue weighted by Gasteiger charge is -2.10. The number of pyridine rings is 1. The molecule has 2 heterocycles. The van der Waals surface area contributed by atoms with Crippen molar-refractivity contribution < 1.29 is 18.5 Å². The maximum Gasteiger partial charge on any atom is 0.271 e. The maximum absolute atomic E-state index is 14.2. The fraction of sp³-hybridized carbons (Fsp3) is 0.0476. The monoisotopic (exact) mass is 424 g/mol. The number of carbonyl (C=O) groups excluding carboxylic acids is 2. The molecule has 2 aromatic heterocycles. The summed E-state index contributed by atoms with van der Waals surface area (Å²) in [4.78, 5) is 29.4. The van der Waals surface area contributed by atoms with Crippen LogP contribution in [0.1, 0.15) is 26.4 Å². The zero-order valence-corrected chi connectivity index (χ0v) is 16.3. The van der Waals surface area contributed by atoms with Gasteiger partial charge in [0, 0.05) is 5.56 Å². The number of hydrazine groups is 1. The van der Waals surface area contributed by atoms with E-state index in [1.165, 1.54) is 24.3 Å². The SMILES string of the molecule is Cc1noc2nc(-c3ccccc3F)cc(C(=O)NNC(=O)c3ccccc3Cl)c12. The lowest BCUT2D eigenvalue weighted by molar-refractivity contribution is 0.0847. The Morgan fingerprint density at radius 1 is 1.00 bits per heavy atom. The Hall–Kier alpha value is -3.78. The van der Waals surface area contributed by atoms with Crippen LogP contribution < -0.4 is 10.9 Å². The van der Waals surface area contributed by atoms with Gasteiger partial charge in [-0.3, -0.25) is 20.4 Å². The molecule has 0 saturated heterocycles. The topological polar surface area (TPSA) is 97.1 Å². The highest BCUT2D eigenvalue weighted by Gasteiger charge is 2.21. The molecule has 0 saturated carbocycles. The largest absolute Gasteiger partial charge is 0.335 e. The van der Waals surface area contributed by atoms with E-state index in [1.54, 1.807) is 37.3 Å². The van der Waals surface area contributed by atoms with Crippen molar-refractivity contribution in [1.29, 1.82) is 0 Å². The van der Waals surface area contributed by atoms with E-state index in [0.717, 1.165) is 0 Å². The number of nitrogens with one attached hydrogen (secondary N) is 2. The molecule has 0 fully saturated rings. The van der Waals surface area contributed by atoms with Crippen molar-refractivity contribution in [1.82, 2.24) is 21.0 Å². The first-order valence-electron chi connectivity index (χ1n) is 8.83. The van der Waals surface area contributed by atoms with Gasteiger partial charge in [0.1, 0.15) is 5.82 Å². The third-order valence-corrected chi connectivity index (χ3v) is 4.75. The molecule has 0 aliphatic heterocycles. The summed E-state index contributed by atoms with van der Waals surface area (Å²) in [6, 6.07) is 13.9. The van der Waals surface area contributed by atoms with E-state index in [2.05, 4.69) is 21.0 Å². The number of halogens is 2. The summed E-state index contributed by atoms with van der Waals surface area (Å²) in [6.45, 7) is 1.65. The van der Waals surface area contributed by atoms with Gasteiger partial charge in [0.2, 0.25) is 0 Å². The van der Waals surface area contributed by atoms with Gasteiger partial charge in [-0.2, -0.15) is 0 Å². The minimum atomic E-state index is -0.647. The molecule has 0 aliphatic carbocycles. The van der Waals surface area contributed by atoms with Crippen molar-refractivity contribution in [2.24, 2.45) is 0 Å². The number of amides is 2. The summed E-state index contributed by atoms with van der Waals surface area (Å²) in [5, 5.41) is 4.44. The summed E-state index contributed by atoms with van der Waals surface area (Å²) in [5.74, 6) is -1.73. The number of rotatable bonds is 3. The highest BCUT2D eigenvalue weighted by Crippen LogP contribution is 2.28. The summed E-state index contributed by atoms with van der Waals surface area (Å²) in [7, 11) is 0. The molecule has 150 valence electrons. The van der Waals surface area contributed by atoms with Crippen LogP contribution in [0, 0.1) is 12.7 Å². The lowest BCUT2D eigenvalue weighted by Crippen LogP contribution is -2.41. The van der Waals surface area contributed by atoms with Crippen LogP contribution in [0.4, 0.5) is 4.39 Å². The highest BCUT2D eigenvalue weighted by atomic mass is 35.5. The number of carbonyl (C=O) groups is 2. The number of hydrogen-bond acceptors (Lipinski definition) is 5. The van der Waals surface area contributed by atoms with E-state index in [-0.39, 0.29) is 33.1 Å². The maximum atomic E-state index is 14.2. The number of benzene rings is 2. The van der Waals surface area contributed by atoms with Gasteiger partial charge < -0.3 is 4.52 Å². The first-order chi connectivity index (χ1) is 14.5. The van der Waals surface area contributed by atoms with Crippen LogP contribution in [0.3, 0.4) is 0 Å². The molecular formula is C21H14ClFN4O3. The molecule has 0 aliphatic rings. The average Bonchev–Trinajstić information content (AvgIpc) is 3.12. The zero-order valence-electron chi connectivity index (χ0n) is 15.6. The molecule has 0 atom stereocenters. The fourth-order valence-electron chi connectivity index (χ4n) is 2.97. The normalized spacial score (nSPS) is 10.8. The Morgan fingerprint density at radius 2 is 1.67 bits per heavy atom. The van der Waals surface area contributed by atoms with Crippen LogP contribution in [0.5, 0.6) is 0 Å². The minimum Gasteiger partial charge on any atom is -0.335 e. The summed E-state index contributed by atoms with van der Waals surface area (Å²) in [5.41, 5.74) is 5.88. The van der Waals surface area contributed by atoms with Gasteiger partial charge in [-0.05, 0) is 37.3 Å². The van der Waals surface area contributed by atoms with Crippen molar-refractivity contribution in [2.75, 3.05) is 0 Å². The number of nitrogens with zero attached hydrogens (tertiary/aromatic N) is 2. The van der Waals surface area contributed by atoms with E-state index in [1.807, 2.05) is 0 Å². The fourth-order valence-corrected chi connectivity index (χ4v) is 3.20. The molecule has 2 amide bonds. The molecule has 2 aromatic carbocycles. The summed E-state index contributed by atoms with van der Waals surface area (Å²) in [6.07, 6.45) is 0. The van der Waals surface area contributed by atoms with Gasteiger partial charge in [0.25, 0.3) is 17.5 Å². The Balaban J connectivity index is 1.68. The van der Waals surface area contributed by atoms with Crippen molar-refractivity contribution in [3.8, 4) is 11.3 Å². The molecule has 4 rings (SSSR count). The van der Waals surface area contributed by atoms with Crippen LogP contribution in [0.25, 0.3) is 22.4 Å². The summed E-state index contributed by atoms with van der Waals surface area (Å²) >= 11 is 6.00. The van der Waals surface area contributed by atoms with Crippen LogP contribution in [-0.2, 0) is 0 Å². The third-order valence-electron chi connectivity index (χ3n) is 4.42. The lowest BCUT2D eigenvalue weighted by atomic mass is 10.0. The first-order valence-corrected chi connectivity index (χ1v) is 9.20. The van der Waals surface area contributed by atoms with Crippen molar-refractivity contribution in [2.45, 2.75) is 6.92 Å². The molecule has 7 nitrogen and oxygen atoms in total. The van der Waals surface area contributed by atoms with Gasteiger partial charge in [0.05, 0.1) is 32.9 Å². The minimum absolute atomic E-state index is 0.0795. The highest BCUT2D eigenvalue weighted by molar-refractivity contribution is 6.33. The van der Waals surface area contributed by atoms with E-state index < -0.39 is 17.6 Å². The standard InChI is InChI=1S/C21H14ClFN4O3/c1-11-18-14(20(29)26-25-19(28)12-6-2-4-8-15(12)22)10-17(24-21(18)30-27-11)13-7-3-5-9-16(13)23/h2-10H,1H3,(H,25,28)(H,26,29). The van der Waals surface area contributed by atoms with Gasteiger partial charge in [-0.1, -0.05) is 41.0 Å². The molecule has 30 heavy (non-hydrogen) atoms. The van der Waals surface area contributed by atoms with Crippen LogP contribution >= 0.6 is 11.6 Å². The number of aryl methyl sites for hydroxylation is 1. The van der Waals surface area contributed by atoms with Gasteiger partial charge in [-0.15, -0.1) is 0 Å². The van der Waals surface area contributed by atoms with E-state index in [9.17, 15) is 14.0 Å². The van der Waals surface area contributed by atoms with Crippen LogP contribution in [0.15, 0.2) is 59.1 Å². The number of hydrogen-bond donors (Lipinski definition) is 2. The van der Waals surface area contributed by atoms with Gasteiger partial charge >= 0.3 is 0 Å². The Kier molecular flexibility index (Phi) is 5.16. The van der Waals surface area contributed by atoms with Crippen molar-refractivity contribution >= 4 is 34.5 Å². The van der Waals surface area contributed by atoms with Crippen LogP contribution in [0.2, 0.25) is 5.02 Å². The molecule has 0 bridgehead atoms. The van der Waals surface area contributed by atoms with Gasteiger partial charge in [-0.25, -0.2) is 9.37 Å².